The Labute approximate surface area is 571 Å². The molecule has 7 aliphatic rings. The van der Waals surface area contributed by atoms with Crippen molar-refractivity contribution in [2.75, 3.05) is 24.5 Å². The molecule has 488 valence electrons. The predicted octanol–water partition coefficient (Wildman–Crippen LogP) is 16.9. The van der Waals surface area contributed by atoms with E-state index in [2.05, 4.69) is 137 Å². The van der Waals surface area contributed by atoms with Gasteiger partial charge in [-0.3, -0.25) is 0 Å². The highest BCUT2D eigenvalue weighted by Gasteiger charge is 2.56. The Balaban J connectivity index is 1.03. The molecule has 7 aliphatic heterocycles. The van der Waals surface area contributed by atoms with E-state index >= 15 is 35.1 Å². The van der Waals surface area contributed by atoms with E-state index in [1.807, 2.05) is 63.2 Å². The molecule has 0 saturated carbocycles. The minimum Gasteiger partial charge on any atom is -0.453 e. The maximum Gasteiger partial charge on any atom is 0.252 e. The van der Waals surface area contributed by atoms with Crippen molar-refractivity contribution in [1.29, 1.82) is 0 Å². The summed E-state index contributed by atoms with van der Waals surface area (Å²) in [6, 6.07) is 46.6. The molecular formula is C82H64B3F8N5O. The zero-order chi connectivity index (χ0) is 69.1. The average molecular weight is 1320 g/mol. The number of hydrogen-bond donors (Lipinski definition) is 0. The van der Waals surface area contributed by atoms with Gasteiger partial charge in [-0.25, -0.2) is 35.1 Å². The lowest BCUT2D eigenvalue weighted by molar-refractivity contribution is 0.470. The molecule has 0 aliphatic carbocycles. The molecule has 7 heterocycles. The molecule has 17 heteroatoms. The first-order valence-electron chi connectivity index (χ1n) is 33.6. The molecule has 0 amide bonds. The van der Waals surface area contributed by atoms with Gasteiger partial charge in [-0.1, -0.05) is 132 Å². The Kier molecular flexibility index (Phi) is 12.5. The smallest absolute Gasteiger partial charge is 0.252 e. The van der Waals surface area contributed by atoms with Gasteiger partial charge < -0.3 is 29.2 Å². The first-order chi connectivity index (χ1) is 46.9. The third kappa shape index (κ3) is 8.89. The summed E-state index contributed by atoms with van der Waals surface area (Å²) in [5.74, 6) is -5.36. The van der Waals surface area contributed by atoms with Crippen LogP contribution in [0, 0.1) is 46.5 Å². The lowest BCUT2D eigenvalue weighted by atomic mass is 9.27. The normalized spacial score (nSPS) is 14.8. The molecule has 6 nitrogen and oxygen atoms in total. The molecule has 18 rings (SSSR count). The van der Waals surface area contributed by atoms with E-state index in [0.29, 0.717) is 73.4 Å². The Bertz CT molecular complexity index is 5410. The fourth-order valence-corrected chi connectivity index (χ4v) is 16.8. The number of nitrogens with zero attached hydrogens (tertiary/aromatic N) is 5. The minimum atomic E-state index is -0.860. The molecule has 0 bridgehead atoms. The van der Waals surface area contributed by atoms with E-state index in [1.165, 1.54) is 48.5 Å². The van der Waals surface area contributed by atoms with Gasteiger partial charge in [0, 0.05) is 75.5 Å². The van der Waals surface area contributed by atoms with Crippen molar-refractivity contribution >= 4 is 155 Å². The summed E-state index contributed by atoms with van der Waals surface area (Å²) in [4.78, 5) is 9.74. The van der Waals surface area contributed by atoms with Crippen LogP contribution in [-0.4, -0.2) is 20.1 Å². The molecule has 0 aromatic heterocycles. The van der Waals surface area contributed by atoms with Crippen LogP contribution in [0.25, 0.3) is 0 Å². The molecule has 99 heavy (non-hydrogen) atoms. The third-order valence-corrected chi connectivity index (χ3v) is 21.3. The van der Waals surface area contributed by atoms with Crippen LogP contribution < -0.4 is 78.4 Å². The Morgan fingerprint density at radius 1 is 0.253 bits per heavy atom. The number of ether oxygens (including phenoxy) is 1. The standard InChI is InChI=1S/C82H64B3F8N5O/c1-79(2,3)41-16-18-63-57(20-41)83-59-38-60-68(39-67(59)96(55-34-49(90)28-50(91)35-55)66-15-13-14-65(73(66)83)94(63)53-30-45(86)26-46(87)31-53)97(56-36-51(92)29-52(93)37-56)70-40-69-74-78-75(70)85(60)62-23-44(82(10,11)12)25-72-77(62)98(78)76-61(22-43(81(7,8)9)24-71(76)99-72)84(74)58-21-42(80(4,5)6)17-19-64(58)95(69)54-32-47(88)27-48(89)33-54/h13-40H,1-12H3. The van der Waals surface area contributed by atoms with E-state index in [-0.39, 0.29) is 33.6 Å². The van der Waals surface area contributed by atoms with Crippen LogP contribution in [0.2, 0.25) is 0 Å². The first kappa shape index (κ1) is 61.2. The lowest BCUT2D eigenvalue weighted by Gasteiger charge is -2.53. The van der Waals surface area contributed by atoms with Gasteiger partial charge in [0.25, 0.3) is 20.1 Å². The average Bonchev–Trinajstić information content (AvgIpc) is 0.658. The summed E-state index contributed by atoms with van der Waals surface area (Å²) < 4.78 is 138. The summed E-state index contributed by atoms with van der Waals surface area (Å²) in [7, 11) is 0. The first-order valence-corrected chi connectivity index (χ1v) is 33.6. The molecule has 0 N–H and O–H groups in total. The van der Waals surface area contributed by atoms with Crippen LogP contribution in [0.5, 0.6) is 11.5 Å². The van der Waals surface area contributed by atoms with Crippen LogP contribution >= 0.6 is 0 Å². The fourth-order valence-electron chi connectivity index (χ4n) is 16.8. The number of fused-ring (bicyclic) bond motifs is 10. The van der Waals surface area contributed by atoms with E-state index in [9.17, 15) is 0 Å². The monoisotopic (exact) mass is 1320 g/mol. The highest BCUT2D eigenvalue weighted by molar-refractivity contribution is 7.06. The number of anilines is 15. The minimum absolute atomic E-state index is 0.0998. The molecule has 11 aromatic rings. The van der Waals surface area contributed by atoms with Crippen molar-refractivity contribution in [3.05, 3.63) is 239 Å². The highest BCUT2D eigenvalue weighted by atomic mass is 19.2. The molecule has 0 fully saturated rings. The Morgan fingerprint density at radius 2 is 0.556 bits per heavy atom. The van der Waals surface area contributed by atoms with Gasteiger partial charge >= 0.3 is 0 Å². The fraction of sp³-hybridized carbons (Fsp3) is 0.195. The topological polar surface area (TPSA) is 25.4 Å². The maximum absolute atomic E-state index is 16.8. The molecule has 0 radical (unpaired) electrons. The zero-order valence-electron chi connectivity index (χ0n) is 56.6. The summed E-state index contributed by atoms with van der Waals surface area (Å²) in [5.41, 5.74) is 16.8. The highest BCUT2D eigenvalue weighted by Crippen LogP contribution is 2.58. The van der Waals surface area contributed by atoms with E-state index < -0.39 is 77.5 Å². The largest absolute Gasteiger partial charge is 0.453 e. The van der Waals surface area contributed by atoms with Crippen LogP contribution in [-0.2, 0) is 21.7 Å². The molecular weight excluding hydrogens is 1260 g/mol. The van der Waals surface area contributed by atoms with Gasteiger partial charge in [-0.05, 0) is 190 Å². The molecule has 0 atom stereocenters. The summed E-state index contributed by atoms with van der Waals surface area (Å²) in [5, 5.41) is 0. The number of rotatable bonds is 4. The summed E-state index contributed by atoms with van der Waals surface area (Å²) >= 11 is 0. The van der Waals surface area contributed by atoms with Crippen molar-refractivity contribution < 1.29 is 39.9 Å². The second kappa shape index (κ2) is 20.3. The van der Waals surface area contributed by atoms with Crippen molar-refractivity contribution in [3.8, 4) is 11.5 Å². The number of halogens is 8. The van der Waals surface area contributed by atoms with Crippen molar-refractivity contribution in [2.24, 2.45) is 0 Å². The van der Waals surface area contributed by atoms with Gasteiger partial charge in [0.2, 0.25) is 0 Å². The van der Waals surface area contributed by atoms with Gasteiger partial charge in [-0.15, -0.1) is 0 Å². The van der Waals surface area contributed by atoms with Crippen molar-refractivity contribution in [2.45, 2.75) is 105 Å². The maximum atomic E-state index is 16.8. The SMILES string of the molecule is CC(C)(C)c1ccc2c(c1)B1c3cc4c(cc3N(c3cc(F)cc(F)c3)c3cccc(c31)N2c1cc(F)cc(F)c1)N(c1cc(F)cc(F)c1)c1cc2c3c5c1B4c1cc(C(C)(C)C)cc4c1N5c1c(cc(C(C)(C)C)cc1B3c1cc(C(C)(C)C)ccc1N2c1cc(F)cc(F)c1)O4. The van der Waals surface area contributed by atoms with Crippen molar-refractivity contribution in [3.63, 3.8) is 0 Å². The van der Waals surface area contributed by atoms with Gasteiger partial charge in [0.05, 0.1) is 34.1 Å². The predicted molar refractivity (Wildman–Crippen MR) is 388 cm³/mol. The third-order valence-electron chi connectivity index (χ3n) is 21.3. The number of benzene rings is 11. The molecule has 11 aromatic carbocycles. The van der Waals surface area contributed by atoms with Gasteiger partial charge in [0.1, 0.15) is 46.5 Å². The molecule has 0 saturated heterocycles. The lowest BCUT2D eigenvalue weighted by Crippen LogP contribution is -2.70. The van der Waals surface area contributed by atoms with Gasteiger partial charge in [-0.2, -0.15) is 0 Å². The molecule has 0 spiro atoms. The van der Waals surface area contributed by atoms with Crippen LogP contribution in [0.1, 0.15) is 105 Å². The number of hydrogen-bond acceptors (Lipinski definition) is 6. The Morgan fingerprint density at radius 3 is 0.919 bits per heavy atom. The van der Waals surface area contributed by atoms with Crippen LogP contribution in [0.4, 0.5) is 120 Å². The van der Waals surface area contributed by atoms with E-state index in [0.717, 1.165) is 96.4 Å². The second-order valence-electron chi connectivity index (χ2n) is 31.7. The van der Waals surface area contributed by atoms with E-state index in [1.54, 1.807) is 4.90 Å². The Hall–Kier alpha value is -10.1. The second-order valence-corrected chi connectivity index (χ2v) is 31.7. The van der Waals surface area contributed by atoms with Crippen molar-refractivity contribution in [1.82, 2.24) is 0 Å². The van der Waals surface area contributed by atoms with Crippen LogP contribution in [0.3, 0.4) is 0 Å². The van der Waals surface area contributed by atoms with Gasteiger partial charge in [0.15, 0.2) is 11.5 Å². The van der Waals surface area contributed by atoms with E-state index in [4.69, 9.17) is 4.74 Å². The summed E-state index contributed by atoms with van der Waals surface area (Å²) in [6.45, 7) is 23.8. The zero-order valence-corrected chi connectivity index (χ0v) is 56.6. The quantitative estimate of drug-likeness (QED) is 0.129. The summed E-state index contributed by atoms with van der Waals surface area (Å²) in [6.07, 6.45) is 0. The van der Waals surface area contributed by atoms with Crippen LogP contribution in [0.15, 0.2) is 170 Å². The molecule has 0 unspecified atom stereocenters.